The van der Waals surface area contributed by atoms with Gasteiger partial charge in [0.15, 0.2) is 0 Å². The van der Waals surface area contributed by atoms with Crippen molar-refractivity contribution in [2.24, 2.45) is 0 Å². The van der Waals surface area contributed by atoms with Crippen molar-refractivity contribution in [1.82, 2.24) is 0 Å². The van der Waals surface area contributed by atoms with Gasteiger partial charge in [-0.15, -0.1) is 6.42 Å². The number of benzene rings is 1. The fourth-order valence-corrected chi connectivity index (χ4v) is 3.35. The van der Waals surface area contributed by atoms with Gasteiger partial charge >= 0.3 is 8.56 Å². The second-order valence-electron chi connectivity index (χ2n) is 3.31. The molecule has 0 saturated carbocycles. The maximum absolute atomic E-state index is 11.1. The van der Waals surface area contributed by atoms with E-state index in [1.165, 1.54) is 13.8 Å². The molecule has 4 nitrogen and oxygen atoms in total. The summed E-state index contributed by atoms with van der Waals surface area (Å²) in [6, 6.07) is 8.62. The summed E-state index contributed by atoms with van der Waals surface area (Å²) in [6.45, 7) is 2.46. The van der Waals surface area contributed by atoms with Crippen LogP contribution in [0.4, 0.5) is 0 Å². The molecule has 0 spiro atoms. The van der Waals surface area contributed by atoms with Crippen LogP contribution in [0.15, 0.2) is 30.3 Å². The Morgan fingerprint density at radius 3 is 1.94 bits per heavy atom. The Morgan fingerprint density at radius 1 is 1.12 bits per heavy atom. The molecule has 1 aromatic rings. The van der Waals surface area contributed by atoms with Crippen molar-refractivity contribution in [2.45, 2.75) is 13.8 Å². The highest BCUT2D eigenvalue weighted by atomic mass is 28.4. The predicted octanol–water partition coefficient (Wildman–Crippen LogP) is 0.634. The van der Waals surface area contributed by atoms with Crippen molar-refractivity contribution in [2.75, 3.05) is 0 Å². The molecule has 5 heteroatoms. The maximum atomic E-state index is 11.1. The summed E-state index contributed by atoms with van der Waals surface area (Å²) in [4.78, 5) is 22.2. The van der Waals surface area contributed by atoms with Gasteiger partial charge in [-0.25, -0.2) is 0 Å². The average Bonchev–Trinajstić information content (AvgIpc) is 2.28. The third kappa shape index (κ3) is 3.19. The molecule has 0 aliphatic carbocycles. The van der Waals surface area contributed by atoms with Gasteiger partial charge in [0.25, 0.3) is 11.9 Å². The summed E-state index contributed by atoms with van der Waals surface area (Å²) < 4.78 is 10.2. The van der Waals surface area contributed by atoms with E-state index < -0.39 is 20.5 Å². The summed E-state index contributed by atoms with van der Waals surface area (Å²) in [7, 11) is -3.44. The Bertz CT molecular complexity index is 445. The van der Waals surface area contributed by atoms with Crippen LogP contribution in [-0.2, 0) is 18.4 Å². The van der Waals surface area contributed by atoms with Crippen LogP contribution >= 0.6 is 0 Å². The molecule has 0 aliphatic rings. The smallest absolute Gasteiger partial charge is 0.473 e. The van der Waals surface area contributed by atoms with E-state index in [9.17, 15) is 9.59 Å². The van der Waals surface area contributed by atoms with E-state index >= 15 is 0 Å². The monoisotopic (exact) mass is 248 g/mol. The Labute approximate surface area is 101 Å². The van der Waals surface area contributed by atoms with Crippen LogP contribution in [0.2, 0.25) is 0 Å². The molecule has 0 fully saturated rings. The minimum Gasteiger partial charge on any atom is -0.473 e. The Balaban J connectivity index is 3.21. The van der Waals surface area contributed by atoms with E-state index in [4.69, 9.17) is 15.3 Å². The van der Waals surface area contributed by atoms with Crippen molar-refractivity contribution < 1.29 is 18.4 Å². The fraction of sp³-hybridized carbons (Fsp3) is 0.167. The number of rotatable bonds is 3. The second-order valence-corrected chi connectivity index (χ2v) is 5.82. The van der Waals surface area contributed by atoms with Crippen LogP contribution in [0.3, 0.4) is 0 Å². The van der Waals surface area contributed by atoms with Crippen LogP contribution in [0, 0.1) is 12.0 Å². The van der Waals surface area contributed by atoms with Gasteiger partial charge in [0, 0.05) is 19.0 Å². The molecule has 0 heterocycles. The summed E-state index contributed by atoms with van der Waals surface area (Å²) in [5.41, 5.74) is 2.35. The van der Waals surface area contributed by atoms with Crippen LogP contribution in [-0.4, -0.2) is 20.5 Å². The van der Waals surface area contributed by atoms with Gasteiger partial charge in [-0.3, -0.25) is 9.59 Å². The lowest BCUT2D eigenvalue weighted by Gasteiger charge is -2.23. The maximum Gasteiger partial charge on any atom is 0.587 e. The van der Waals surface area contributed by atoms with Gasteiger partial charge in [-0.1, -0.05) is 30.3 Å². The molecule has 0 radical (unpaired) electrons. The zero-order valence-corrected chi connectivity index (χ0v) is 10.6. The third-order valence-corrected chi connectivity index (χ3v) is 4.54. The lowest BCUT2D eigenvalue weighted by atomic mass is 10.4. The van der Waals surface area contributed by atoms with Gasteiger partial charge < -0.3 is 8.85 Å². The van der Waals surface area contributed by atoms with Gasteiger partial charge in [-0.05, 0) is 5.54 Å². The fourth-order valence-electron chi connectivity index (χ4n) is 1.34. The molecule has 17 heavy (non-hydrogen) atoms. The second kappa shape index (κ2) is 5.32. The van der Waals surface area contributed by atoms with Gasteiger partial charge in [0.1, 0.15) is 0 Å². The highest BCUT2D eigenvalue weighted by Crippen LogP contribution is 2.08. The minimum absolute atomic E-state index is 0.549. The molecule has 0 unspecified atom stereocenters. The van der Waals surface area contributed by atoms with E-state index in [-0.39, 0.29) is 0 Å². The number of hydrogen-bond donors (Lipinski definition) is 0. The molecule has 88 valence electrons. The Hall–Kier alpha value is -2.06. The Kier molecular flexibility index (Phi) is 4.07. The number of carbonyl (C=O) groups excluding carboxylic acids is 2. The topological polar surface area (TPSA) is 52.6 Å². The van der Waals surface area contributed by atoms with Crippen LogP contribution < -0.4 is 5.19 Å². The first-order valence-electron chi connectivity index (χ1n) is 4.92. The van der Waals surface area contributed by atoms with Gasteiger partial charge in [0.2, 0.25) is 0 Å². The molecule has 0 saturated heterocycles. The molecule has 1 aromatic carbocycles. The first-order valence-corrected chi connectivity index (χ1v) is 6.74. The quantitative estimate of drug-likeness (QED) is 0.581. The predicted molar refractivity (Wildman–Crippen MR) is 64.2 cm³/mol. The largest absolute Gasteiger partial charge is 0.587 e. The summed E-state index contributed by atoms with van der Waals surface area (Å²) >= 11 is 0. The molecule has 1 rings (SSSR count). The molecule has 0 atom stereocenters. The first kappa shape index (κ1) is 13.0. The molecule has 0 aliphatic heterocycles. The first-order chi connectivity index (χ1) is 8.00. The third-order valence-electron chi connectivity index (χ3n) is 1.92. The summed E-state index contributed by atoms with van der Waals surface area (Å²) in [5.74, 6) is -1.14. The van der Waals surface area contributed by atoms with Crippen molar-refractivity contribution in [1.29, 1.82) is 0 Å². The highest BCUT2D eigenvalue weighted by Gasteiger charge is 2.45. The average molecular weight is 248 g/mol. The number of hydrogen-bond acceptors (Lipinski definition) is 4. The zero-order valence-electron chi connectivity index (χ0n) is 9.60. The summed E-state index contributed by atoms with van der Waals surface area (Å²) in [6.07, 6.45) is 5.39. The lowest BCUT2D eigenvalue weighted by Crippen LogP contribution is -2.54. The zero-order chi connectivity index (χ0) is 12.9. The molecular formula is C12H12O4Si. The highest BCUT2D eigenvalue weighted by molar-refractivity contribution is 6.90. The van der Waals surface area contributed by atoms with E-state index in [2.05, 4.69) is 5.54 Å². The molecular weight excluding hydrogens is 236 g/mol. The van der Waals surface area contributed by atoms with Crippen LogP contribution in [0.1, 0.15) is 13.8 Å². The Morgan fingerprint density at radius 2 is 1.59 bits per heavy atom. The molecule has 0 bridgehead atoms. The van der Waals surface area contributed by atoms with Crippen molar-refractivity contribution >= 4 is 25.7 Å². The van der Waals surface area contributed by atoms with Crippen LogP contribution in [0.25, 0.3) is 0 Å². The minimum atomic E-state index is -3.44. The van der Waals surface area contributed by atoms with E-state index in [1.807, 2.05) is 0 Å². The number of terminal acetylenes is 1. The van der Waals surface area contributed by atoms with Crippen LogP contribution in [0.5, 0.6) is 0 Å². The molecule has 0 amide bonds. The SMILES string of the molecule is C#C[Si](OC(C)=O)(OC(C)=O)c1ccccc1. The number of carbonyl (C=O) groups is 2. The van der Waals surface area contributed by atoms with E-state index in [0.717, 1.165) is 0 Å². The van der Waals surface area contributed by atoms with E-state index in [1.54, 1.807) is 30.3 Å². The summed E-state index contributed by atoms with van der Waals surface area (Å²) in [5, 5.41) is 0.549. The van der Waals surface area contributed by atoms with Gasteiger partial charge in [-0.2, -0.15) is 0 Å². The van der Waals surface area contributed by atoms with Crippen molar-refractivity contribution in [3.63, 3.8) is 0 Å². The lowest BCUT2D eigenvalue weighted by molar-refractivity contribution is -0.138. The van der Waals surface area contributed by atoms with Crippen molar-refractivity contribution in [3.8, 4) is 12.0 Å². The van der Waals surface area contributed by atoms with Crippen molar-refractivity contribution in [3.05, 3.63) is 30.3 Å². The normalized spacial score (nSPS) is 10.2. The van der Waals surface area contributed by atoms with E-state index in [0.29, 0.717) is 5.19 Å². The van der Waals surface area contributed by atoms with Gasteiger partial charge in [0.05, 0.1) is 0 Å². The standard InChI is InChI=1S/C12H12O4Si/c1-4-17(15-10(2)13,16-11(3)14)12-8-6-5-7-9-12/h1,5-9H,2-3H3. The molecule has 0 N–H and O–H groups in total. The molecule has 0 aromatic heterocycles.